The van der Waals surface area contributed by atoms with Crippen LogP contribution in [-0.2, 0) is 4.79 Å². The van der Waals surface area contributed by atoms with Gasteiger partial charge in [-0.25, -0.2) is 0 Å². The molecule has 1 saturated carbocycles. The van der Waals surface area contributed by atoms with E-state index in [1.54, 1.807) is 0 Å². The first-order valence-electron chi connectivity index (χ1n) is 8.34. The van der Waals surface area contributed by atoms with Crippen LogP contribution in [0.5, 0.6) is 0 Å². The SMILES string of the molecule is CC.CC1CCCCC1C(O)O.O=C(O)C1CCCCN1. The lowest BCUT2D eigenvalue weighted by atomic mass is 9.80. The molecule has 1 aliphatic heterocycles. The van der Waals surface area contributed by atoms with Crippen LogP contribution in [0.3, 0.4) is 0 Å². The Balaban J connectivity index is 0.000000342. The highest BCUT2D eigenvalue weighted by molar-refractivity contribution is 5.73. The number of hydrogen-bond acceptors (Lipinski definition) is 4. The molecule has 21 heavy (non-hydrogen) atoms. The van der Waals surface area contributed by atoms with Gasteiger partial charge in [-0.3, -0.25) is 4.79 Å². The highest BCUT2D eigenvalue weighted by atomic mass is 16.5. The Hall–Kier alpha value is -0.650. The Kier molecular flexibility index (Phi) is 11.6. The first-order valence-corrected chi connectivity index (χ1v) is 8.34. The van der Waals surface area contributed by atoms with E-state index < -0.39 is 12.3 Å². The molecular formula is C16H33NO4. The highest BCUT2D eigenvalue weighted by Gasteiger charge is 2.26. The summed E-state index contributed by atoms with van der Waals surface area (Å²) in [5.41, 5.74) is 0. The largest absolute Gasteiger partial charge is 0.480 e. The maximum Gasteiger partial charge on any atom is 0.320 e. The minimum absolute atomic E-state index is 0.133. The number of carboxylic acids is 1. The predicted octanol–water partition coefficient (Wildman–Crippen LogP) is 2.36. The van der Waals surface area contributed by atoms with Crippen molar-refractivity contribution in [2.75, 3.05) is 6.54 Å². The van der Waals surface area contributed by atoms with Crippen molar-refractivity contribution < 1.29 is 20.1 Å². The van der Waals surface area contributed by atoms with E-state index in [9.17, 15) is 4.79 Å². The molecule has 1 aliphatic carbocycles. The van der Waals surface area contributed by atoms with Gasteiger partial charge in [-0.05, 0) is 31.7 Å². The zero-order valence-corrected chi connectivity index (χ0v) is 13.7. The molecule has 2 aliphatic rings. The molecule has 2 fully saturated rings. The second kappa shape index (κ2) is 12.0. The molecule has 126 valence electrons. The van der Waals surface area contributed by atoms with Gasteiger partial charge in [0.05, 0.1) is 0 Å². The summed E-state index contributed by atoms with van der Waals surface area (Å²) < 4.78 is 0. The van der Waals surface area contributed by atoms with E-state index in [0.717, 1.165) is 45.1 Å². The van der Waals surface area contributed by atoms with Crippen LogP contribution in [0.25, 0.3) is 0 Å². The van der Waals surface area contributed by atoms with Crippen molar-refractivity contribution in [3.05, 3.63) is 0 Å². The number of carbonyl (C=O) groups is 1. The Bertz CT molecular complexity index is 265. The maximum absolute atomic E-state index is 10.3. The lowest BCUT2D eigenvalue weighted by molar-refractivity contribution is -0.140. The molecule has 0 aromatic rings. The first kappa shape index (κ1) is 20.3. The van der Waals surface area contributed by atoms with Crippen molar-refractivity contribution in [2.45, 2.75) is 78.0 Å². The van der Waals surface area contributed by atoms with E-state index in [1.165, 1.54) is 6.42 Å². The van der Waals surface area contributed by atoms with Gasteiger partial charge in [0.1, 0.15) is 6.04 Å². The van der Waals surface area contributed by atoms with Gasteiger partial charge in [-0.2, -0.15) is 0 Å². The third-order valence-electron chi connectivity index (χ3n) is 4.17. The average molecular weight is 303 g/mol. The van der Waals surface area contributed by atoms with Crippen LogP contribution < -0.4 is 5.32 Å². The zero-order valence-electron chi connectivity index (χ0n) is 13.7. The van der Waals surface area contributed by atoms with Gasteiger partial charge in [-0.1, -0.05) is 46.5 Å². The molecule has 4 N–H and O–H groups in total. The zero-order chi connectivity index (χ0) is 16.3. The molecule has 3 atom stereocenters. The Morgan fingerprint density at radius 2 is 1.62 bits per heavy atom. The number of aliphatic hydroxyl groups is 2. The number of hydrogen-bond donors (Lipinski definition) is 4. The summed E-state index contributed by atoms with van der Waals surface area (Å²) in [7, 11) is 0. The molecule has 3 unspecified atom stereocenters. The molecule has 0 spiro atoms. The van der Waals surface area contributed by atoms with Gasteiger partial charge in [0.25, 0.3) is 0 Å². The molecule has 1 saturated heterocycles. The molecule has 0 aromatic heterocycles. The number of carboxylic acid groups (broad SMARTS) is 1. The Labute approximate surface area is 128 Å². The minimum Gasteiger partial charge on any atom is -0.480 e. The van der Waals surface area contributed by atoms with Crippen molar-refractivity contribution in [3.63, 3.8) is 0 Å². The fourth-order valence-electron chi connectivity index (χ4n) is 2.85. The number of nitrogens with one attached hydrogen (secondary N) is 1. The van der Waals surface area contributed by atoms with Crippen LogP contribution >= 0.6 is 0 Å². The highest BCUT2D eigenvalue weighted by Crippen LogP contribution is 2.30. The average Bonchev–Trinajstić information content (AvgIpc) is 2.51. The van der Waals surface area contributed by atoms with Gasteiger partial charge in [0.2, 0.25) is 0 Å². The molecule has 0 radical (unpaired) electrons. The molecule has 5 nitrogen and oxygen atoms in total. The van der Waals surface area contributed by atoms with Gasteiger partial charge < -0.3 is 20.6 Å². The molecule has 5 heteroatoms. The fraction of sp³-hybridized carbons (Fsp3) is 0.938. The Morgan fingerprint density at radius 1 is 1.05 bits per heavy atom. The molecule has 0 aromatic carbocycles. The summed E-state index contributed by atoms with van der Waals surface area (Å²) in [6.07, 6.45) is 6.41. The molecule has 1 heterocycles. The van der Waals surface area contributed by atoms with Crippen molar-refractivity contribution in [2.24, 2.45) is 11.8 Å². The quantitative estimate of drug-likeness (QED) is 0.588. The lowest BCUT2D eigenvalue weighted by Crippen LogP contribution is -2.40. The number of rotatable bonds is 2. The number of piperidine rings is 1. The third kappa shape index (κ3) is 8.39. The normalized spacial score (nSPS) is 28.8. The van der Waals surface area contributed by atoms with Crippen LogP contribution in [0.4, 0.5) is 0 Å². The second-order valence-electron chi connectivity index (χ2n) is 5.68. The summed E-state index contributed by atoms with van der Waals surface area (Å²) in [6, 6.07) is -0.279. The number of aliphatic hydroxyl groups excluding tert-OH is 1. The monoisotopic (exact) mass is 303 g/mol. The van der Waals surface area contributed by atoms with Crippen LogP contribution in [0.15, 0.2) is 0 Å². The third-order valence-corrected chi connectivity index (χ3v) is 4.17. The van der Waals surface area contributed by atoms with Crippen LogP contribution in [-0.4, -0.2) is 40.2 Å². The smallest absolute Gasteiger partial charge is 0.320 e. The van der Waals surface area contributed by atoms with Crippen LogP contribution in [0.2, 0.25) is 0 Å². The van der Waals surface area contributed by atoms with Gasteiger partial charge in [0.15, 0.2) is 6.29 Å². The van der Waals surface area contributed by atoms with Gasteiger partial charge in [-0.15, -0.1) is 0 Å². The van der Waals surface area contributed by atoms with Crippen molar-refractivity contribution in [3.8, 4) is 0 Å². The van der Waals surface area contributed by atoms with Crippen LogP contribution in [0, 0.1) is 11.8 Å². The summed E-state index contributed by atoms with van der Waals surface area (Å²) in [6.45, 7) is 6.96. The predicted molar refractivity (Wildman–Crippen MR) is 84.0 cm³/mol. The topological polar surface area (TPSA) is 89.8 Å². The lowest BCUT2D eigenvalue weighted by Gasteiger charge is -2.29. The van der Waals surface area contributed by atoms with Crippen molar-refractivity contribution >= 4 is 5.97 Å². The summed E-state index contributed by atoms with van der Waals surface area (Å²) in [5.74, 6) is -0.0859. The van der Waals surface area contributed by atoms with E-state index in [-0.39, 0.29) is 12.0 Å². The summed E-state index contributed by atoms with van der Waals surface area (Å²) in [5, 5.41) is 29.2. The first-order chi connectivity index (χ1) is 10.0. The van der Waals surface area contributed by atoms with Gasteiger partial charge >= 0.3 is 5.97 Å². The van der Waals surface area contributed by atoms with E-state index in [2.05, 4.69) is 12.2 Å². The molecular weight excluding hydrogens is 270 g/mol. The summed E-state index contributed by atoms with van der Waals surface area (Å²) >= 11 is 0. The van der Waals surface area contributed by atoms with E-state index in [1.807, 2.05) is 13.8 Å². The van der Waals surface area contributed by atoms with E-state index in [0.29, 0.717) is 5.92 Å². The molecule has 0 bridgehead atoms. The van der Waals surface area contributed by atoms with Crippen molar-refractivity contribution in [1.29, 1.82) is 0 Å². The molecule has 0 amide bonds. The summed E-state index contributed by atoms with van der Waals surface area (Å²) in [4.78, 5) is 10.3. The van der Waals surface area contributed by atoms with Crippen LogP contribution in [0.1, 0.15) is 65.7 Å². The number of aliphatic carboxylic acids is 1. The standard InChI is InChI=1S/C8H16O2.C6H11NO2.C2H6/c1-6-4-2-3-5-7(6)8(9)10;8-6(9)5-3-1-2-4-7-5;1-2/h6-10H,2-5H2,1H3;5,7H,1-4H2,(H,8,9);1-2H3. The van der Waals surface area contributed by atoms with Gasteiger partial charge in [0, 0.05) is 5.92 Å². The molecule has 2 rings (SSSR count). The Morgan fingerprint density at radius 3 is 1.95 bits per heavy atom. The van der Waals surface area contributed by atoms with E-state index in [4.69, 9.17) is 15.3 Å². The van der Waals surface area contributed by atoms with E-state index >= 15 is 0 Å². The second-order valence-corrected chi connectivity index (χ2v) is 5.68. The fourth-order valence-corrected chi connectivity index (χ4v) is 2.85. The van der Waals surface area contributed by atoms with Crippen molar-refractivity contribution in [1.82, 2.24) is 5.32 Å². The minimum atomic E-state index is -1.09. The maximum atomic E-state index is 10.3.